The predicted molar refractivity (Wildman–Crippen MR) is 118 cm³/mol. The van der Waals surface area contributed by atoms with Gasteiger partial charge in [-0.15, -0.1) is 0 Å². The summed E-state index contributed by atoms with van der Waals surface area (Å²) < 4.78 is 32.5. The summed E-state index contributed by atoms with van der Waals surface area (Å²) in [4.78, 5) is 4.46. The van der Waals surface area contributed by atoms with E-state index in [-0.39, 0.29) is 12.3 Å². The second-order valence-corrected chi connectivity index (χ2v) is 8.25. The lowest BCUT2D eigenvalue weighted by Gasteiger charge is -2.12. The number of nitrogens with zero attached hydrogens (tertiary/aromatic N) is 1. The van der Waals surface area contributed by atoms with Crippen LogP contribution in [0.3, 0.4) is 0 Å². The molecule has 0 atom stereocenters. The number of sulfonamides is 1. The van der Waals surface area contributed by atoms with E-state index >= 15 is 0 Å². The Morgan fingerprint density at radius 3 is 2.38 bits per heavy atom. The molecule has 8 heteroatoms. The lowest BCUT2D eigenvalue weighted by molar-refractivity contribution is 0.313. The molecule has 0 aromatic heterocycles. The van der Waals surface area contributed by atoms with E-state index in [0.29, 0.717) is 32.2 Å². The first kappa shape index (κ1) is 22.7. The summed E-state index contributed by atoms with van der Waals surface area (Å²) in [5.41, 5.74) is 0.927. The molecule has 0 unspecified atom stereocenters. The molecular weight excluding hydrogens is 388 g/mol. The summed E-state index contributed by atoms with van der Waals surface area (Å²) in [7, 11) is -3.37. The van der Waals surface area contributed by atoms with Gasteiger partial charge in [-0.2, -0.15) is 0 Å². The Balaban J connectivity index is 1.68. The first-order valence-electron chi connectivity index (χ1n) is 9.80. The normalized spacial score (nSPS) is 11.8. The van der Waals surface area contributed by atoms with Crippen LogP contribution in [0.2, 0.25) is 0 Å². The highest BCUT2D eigenvalue weighted by Gasteiger charge is 2.10. The van der Waals surface area contributed by atoms with Crippen molar-refractivity contribution in [3.8, 4) is 5.75 Å². The third kappa shape index (κ3) is 9.96. The Kier molecular flexibility index (Phi) is 10.0. The van der Waals surface area contributed by atoms with Gasteiger partial charge in [-0.05, 0) is 24.6 Å². The molecule has 0 aliphatic carbocycles. The molecule has 0 aliphatic heterocycles. The van der Waals surface area contributed by atoms with Gasteiger partial charge in [0.1, 0.15) is 5.75 Å². The number of rotatable bonds is 12. The van der Waals surface area contributed by atoms with Crippen molar-refractivity contribution in [2.75, 3.05) is 32.0 Å². The van der Waals surface area contributed by atoms with Gasteiger partial charge in [-0.25, -0.2) is 13.1 Å². The molecule has 0 radical (unpaired) electrons. The summed E-state index contributed by atoms with van der Waals surface area (Å²) in [5, 5.41) is 6.18. The molecule has 0 spiro atoms. The molecule has 0 aliphatic rings. The Bertz CT molecular complexity index is 828. The van der Waals surface area contributed by atoms with Crippen LogP contribution in [0.4, 0.5) is 0 Å². The van der Waals surface area contributed by atoms with Crippen LogP contribution < -0.4 is 20.1 Å². The number of hydrogen-bond acceptors (Lipinski definition) is 4. The second-order valence-electron chi connectivity index (χ2n) is 6.33. The third-order valence-corrected chi connectivity index (χ3v) is 5.26. The molecule has 0 bridgehead atoms. The van der Waals surface area contributed by atoms with Crippen LogP contribution in [0.1, 0.15) is 18.9 Å². The highest BCUT2D eigenvalue weighted by Crippen LogP contribution is 2.08. The van der Waals surface area contributed by atoms with Crippen molar-refractivity contribution in [1.82, 2.24) is 15.4 Å². The smallest absolute Gasteiger partial charge is 0.213 e. The van der Waals surface area contributed by atoms with E-state index in [1.54, 1.807) is 0 Å². The van der Waals surface area contributed by atoms with Gasteiger partial charge in [0, 0.05) is 32.6 Å². The fourth-order valence-corrected chi connectivity index (χ4v) is 3.37. The summed E-state index contributed by atoms with van der Waals surface area (Å²) in [6.45, 7) is 4.39. The molecule has 158 valence electrons. The van der Waals surface area contributed by atoms with Gasteiger partial charge < -0.3 is 15.4 Å². The minimum absolute atomic E-state index is 0.0264. The van der Waals surface area contributed by atoms with Crippen LogP contribution in [-0.4, -0.2) is 46.4 Å². The zero-order valence-electron chi connectivity index (χ0n) is 16.8. The Labute approximate surface area is 173 Å². The van der Waals surface area contributed by atoms with E-state index in [0.717, 1.165) is 17.7 Å². The average Bonchev–Trinajstić information content (AvgIpc) is 2.73. The van der Waals surface area contributed by atoms with E-state index in [1.807, 2.05) is 67.6 Å². The zero-order valence-corrected chi connectivity index (χ0v) is 17.6. The van der Waals surface area contributed by atoms with Crippen LogP contribution in [0.15, 0.2) is 65.7 Å². The summed E-state index contributed by atoms with van der Waals surface area (Å²) in [6, 6.07) is 19.1. The molecule has 2 aromatic carbocycles. The highest BCUT2D eigenvalue weighted by atomic mass is 32.2. The summed E-state index contributed by atoms with van der Waals surface area (Å²) in [5.74, 6) is 1.42. The van der Waals surface area contributed by atoms with E-state index < -0.39 is 10.0 Å². The van der Waals surface area contributed by atoms with Crippen LogP contribution in [0.25, 0.3) is 0 Å². The molecule has 0 saturated heterocycles. The minimum Gasteiger partial charge on any atom is -0.494 e. The molecule has 0 saturated carbocycles. The van der Waals surface area contributed by atoms with Crippen molar-refractivity contribution in [2.45, 2.75) is 19.9 Å². The summed E-state index contributed by atoms with van der Waals surface area (Å²) in [6.07, 6.45) is 0.766. The number of nitrogens with one attached hydrogen (secondary N) is 3. The molecule has 0 amide bonds. The standard InChI is InChI=1S/C21H30N4O3S/c1-2-22-21(23-14-9-16-28-20-12-7-4-8-13-20)24-15-17-29(26,27)25-18-19-10-5-3-6-11-19/h3-8,10-13,25H,2,9,14-18H2,1H3,(H2,22,23,24). The molecule has 29 heavy (non-hydrogen) atoms. The van der Waals surface area contributed by atoms with Crippen molar-refractivity contribution in [1.29, 1.82) is 0 Å². The third-order valence-electron chi connectivity index (χ3n) is 3.93. The summed E-state index contributed by atoms with van der Waals surface area (Å²) >= 11 is 0. The molecule has 2 aromatic rings. The molecule has 0 fully saturated rings. The lowest BCUT2D eigenvalue weighted by atomic mass is 10.2. The number of aliphatic imine (C=N–C) groups is 1. The van der Waals surface area contributed by atoms with Gasteiger partial charge in [-0.3, -0.25) is 4.99 Å². The fourth-order valence-electron chi connectivity index (χ4n) is 2.47. The van der Waals surface area contributed by atoms with Crippen molar-refractivity contribution in [2.24, 2.45) is 4.99 Å². The quantitative estimate of drug-likeness (QED) is 0.279. The van der Waals surface area contributed by atoms with Crippen LogP contribution in [0, 0.1) is 0 Å². The van der Waals surface area contributed by atoms with Crippen molar-refractivity contribution < 1.29 is 13.2 Å². The van der Waals surface area contributed by atoms with E-state index in [1.165, 1.54) is 0 Å². The van der Waals surface area contributed by atoms with Gasteiger partial charge in [0.2, 0.25) is 10.0 Å². The average molecular weight is 419 g/mol. The molecule has 2 rings (SSSR count). The first-order valence-corrected chi connectivity index (χ1v) is 11.5. The highest BCUT2D eigenvalue weighted by molar-refractivity contribution is 7.89. The maximum Gasteiger partial charge on any atom is 0.213 e. The van der Waals surface area contributed by atoms with Crippen molar-refractivity contribution >= 4 is 16.0 Å². The fraction of sp³-hybridized carbons (Fsp3) is 0.381. The lowest BCUT2D eigenvalue weighted by Crippen LogP contribution is -2.41. The van der Waals surface area contributed by atoms with E-state index in [2.05, 4.69) is 20.3 Å². The van der Waals surface area contributed by atoms with Crippen molar-refractivity contribution in [3.05, 3.63) is 66.2 Å². The molecule has 3 N–H and O–H groups in total. The predicted octanol–water partition coefficient (Wildman–Crippen LogP) is 2.13. The molecule has 7 nitrogen and oxygen atoms in total. The number of guanidine groups is 1. The van der Waals surface area contributed by atoms with Gasteiger partial charge in [0.05, 0.1) is 12.4 Å². The maximum absolute atomic E-state index is 12.1. The van der Waals surface area contributed by atoms with Crippen LogP contribution in [-0.2, 0) is 16.6 Å². The Hall–Kier alpha value is -2.58. The van der Waals surface area contributed by atoms with Gasteiger partial charge in [0.25, 0.3) is 0 Å². The Morgan fingerprint density at radius 1 is 1.00 bits per heavy atom. The monoisotopic (exact) mass is 418 g/mol. The number of hydrogen-bond donors (Lipinski definition) is 3. The number of para-hydroxylation sites is 1. The van der Waals surface area contributed by atoms with Gasteiger partial charge in [0.15, 0.2) is 5.96 Å². The number of benzene rings is 2. The SMILES string of the molecule is CCNC(=NCCCOc1ccccc1)NCCS(=O)(=O)NCc1ccccc1. The topological polar surface area (TPSA) is 91.8 Å². The van der Waals surface area contributed by atoms with E-state index in [4.69, 9.17) is 4.74 Å². The second kappa shape index (κ2) is 12.8. The first-order chi connectivity index (χ1) is 14.1. The number of ether oxygens (including phenoxy) is 1. The molecule has 0 heterocycles. The van der Waals surface area contributed by atoms with Crippen LogP contribution >= 0.6 is 0 Å². The largest absolute Gasteiger partial charge is 0.494 e. The zero-order chi connectivity index (χ0) is 20.8. The van der Waals surface area contributed by atoms with Gasteiger partial charge in [-0.1, -0.05) is 48.5 Å². The van der Waals surface area contributed by atoms with Crippen LogP contribution in [0.5, 0.6) is 5.75 Å². The van der Waals surface area contributed by atoms with E-state index in [9.17, 15) is 8.42 Å². The minimum atomic E-state index is -3.37. The van der Waals surface area contributed by atoms with Crippen molar-refractivity contribution in [3.63, 3.8) is 0 Å². The maximum atomic E-state index is 12.1. The Morgan fingerprint density at radius 2 is 1.69 bits per heavy atom. The van der Waals surface area contributed by atoms with Gasteiger partial charge >= 0.3 is 0 Å². The molecular formula is C21H30N4O3S.